The Kier molecular flexibility index (Phi) is 7.50. The number of alkyl halides is 3. The van der Waals surface area contributed by atoms with Gasteiger partial charge in [0.1, 0.15) is 11.6 Å². The van der Waals surface area contributed by atoms with Crippen molar-refractivity contribution in [2.75, 3.05) is 42.6 Å². The molecule has 2 saturated heterocycles. The topological polar surface area (TPSA) is 110 Å². The molecule has 1 aromatic carbocycles. The van der Waals surface area contributed by atoms with Crippen LogP contribution in [0.1, 0.15) is 47.8 Å². The van der Waals surface area contributed by atoms with E-state index < -0.39 is 40.5 Å². The van der Waals surface area contributed by atoms with Crippen LogP contribution in [0.4, 0.5) is 29.3 Å². The number of thiol groups is 1. The van der Waals surface area contributed by atoms with Gasteiger partial charge in [-0.25, -0.2) is 9.78 Å². The molecular weight excluding hydrogens is 561 g/mol. The second-order valence-electron chi connectivity index (χ2n) is 10.0. The largest absolute Gasteiger partial charge is 0.450 e. The summed E-state index contributed by atoms with van der Waals surface area (Å²) < 4.78 is 45.9. The first kappa shape index (κ1) is 28.5. The molecule has 2 aromatic rings. The maximum absolute atomic E-state index is 13.7. The molecule has 5 rings (SSSR count). The summed E-state index contributed by atoms with van der Waals surface area (Å²) in [4.78, 5) is 48.6. The van der Waals surface area contributed by atoms with E-state index in [9.17, 15) is 27.6 Å². The quantitative estimate of drug-likeness (QED) is 0.540. The molecular formula is C27H27F3N6O4S. The molecule has 1 saturated carbocycles. The van der Waals surface area contributed by atoms with Gasteiger partial charge in [-0.05, 0) is 56.5 Å². The van der Waals surface area contributed by atoms with Crippen LogP contribution in [0.2, 0.25) is 0 Å². The lowest BCUT2D eigenvalue weighted by molar-refractivity contribution is -0.138. The number of pyridine rings is 1. The van der Waals surface area contributed by atoms with E-state index in [1.54, 1.807) is 45.9 Å². The Hall–Kier alpha value is -3.99. The Labute approximate surface area is 239 Å². The fraction of sp³-hybridized carbons (Fsp3) is 0.444. The standard InChI is InChI=1S/C27H27F3N6O4S/c1-2-40-25(39)34-12-10-33(11-13-34)22(37)17-4-6-18(7-5-17)36-24(41)35(23(38)26(36)8-3-9-26)19-14-20(27(28,29)30)21(15-31)32-16-19/h4-7,14,16,24,41H,2-3,8-13H2,1H3. The van der Waals surface area contributed by atoms with Crippen LogP contribution >= 0.6 is 12.6 Å². The monoisotopic (exact) mass is 588 g/mol. The summed E-state index contributed by atoms with van der Waals surface area (Å²) in [5, 5.41) is 9.10. The average Bonchev–Trinajstić information content (AvgIpc) is 3.18. The minimum atomic E-state index is -4.83. The number of hydrogen-bond acceptors (Lipinski definition) is 8. The molecule has 1 aliphatic carbocycles. The highest BCUT2D eigenvalue weighted by atomic mass is 32.1. The molecule has 3 amide bonds. The molecule has 10 nitrogen and oxygen atoms in total. The van der Waals surface area contributed by atoms with Crippen molar-refractivity contribution in [2.24, 2.45) is 0 Å². The summed E-state index contributed by atoms with van der Waals surface area (Å²) in [5.74, 6) is -0.605. The lowest BCUT2D eigenvalue weighted by Gasteiger charge is -2.44. The number of halogens is 3. The minimum absolute atomic E-state index is 0.108. The van der Waals surface area contributed by atoms with Gasteiger partial charge in [-0.2, -0.15) is 18.4 Å². The zero-order chi connectivity index (χ0) is 29.5. The number of hydrogen-bond donors (Lipinski definition) is 1. The Bertz CT molecular complexity index is 1400. The highest BCUT2D eigenvalue weighted by Gasteiger charge is 2.60. The summed E-state index contributed by atoms with van der Waals surface area (Å²) in [6, 6.07) is 8.87. The summed E-state index contributed by atoms with van der Waals surface area (Å²) in [7, 11) is 0. The third kappa shape index (κ3) is 4.92. The van der Waals surface area contributed by atoms with Crippen LogP contribution in [0.5, 0.6) is 0 Å². The van der Waals surface area contributed by atoms with Crippen LogP contribution in [0.25, 0.3) is 0 Å². The van der Waals surface area contributed by atoms with E-state index >= 15 is 0 Å². The number of aromatic nitrogens is 1. The van der Waals surface area contributed by atoms with Crippen molar-refractivity contribution in [1.29, 1.82) is 5.26 Å². The summed E-state index contributed by atoms with van der Waals surface area (Å²) >= 11 is 4.65. The van der Waals surface area contributed by atoms with Crippen molar-refractivity contribution in [3.8, 4) is 6.07 Å². The van der Waals surface area contributed by atoms with Gasteiger partial charge in [-0.3, -0.25) is 14.5 Å². The van der Waals surface area contributed by atoms with Crippen LogP contribution < -0.4 is 9.80 Å². The molecule has 1 unspecified atom stereocenters. The predicted octanol–water partition coefficient (Wildman–Crippen LogP) is 3.88. The van der Waals surface area contributed by atoms with Crippen molar-refractivity contribution in [3.05, 3.63) is 53.3 Å². The Morgan fingerprint density at radius 1 is 1.12 bits per heavy atom. The van der Waals surface area contributed by atoms with Gasteiger partial charge < -0.3 is 19.4 Å². The molecule has 2 aliphatic heterocycles. The fourth-order valence-electron chi connectivity index (χ4n) is 5.51. The zero-order valence-electron chi connectivity index (χ0n) is 22.1. The van der Waals surface area contributed by atoms with Crippen molar-refractivity contribution in [2.45, 2.75) is 43.4 Å². The Morgan fingerprint density at radius 3 is 2.29 bits per heavy atom. The molecule has 3 aliphatic rings. The molecule has 0 bridgehead atoms. The first-order chi connectivity index (χ1) is 19.5. The van der Waals surface area contributed by atoms with Crippen LogP contribution in [-0.4, -0.2) is 76.5 Å². The summed E-state index contributed by atoms with van der Waals surface area (Å²) in [6.45, 7) is 3.44. The van der Waals surface area contributed by atoms with Gasteiger partial charge in [0, 0.05) is 37.4 Å². The molecule has 3 heterocycles. The van der Waals surface area contributed by atoms with E-state index in [4.69, 9.17) is 10.00 Å². The number of ether oxygens (including phenoxy) is 1. The molecule has 0 N–H and O–H groups in total. The van der Waals surface area contributed by atoms with E-state index in [0.717, 1.165) is 18.7 Å². The summed E-state index contributed by atoms with van der Waals surface area (Å²) in [5.41, 5.74) is -3.04. The number of amides is 3. The molecule has 1 spiro atoms. The Balaban J connectivity index is 1.37. The number of carbonyl (C=O) groups excluding carboxylic acids is 3. The van der Waals surface area contributed by atoms with Crippen LogP contribution in [-0.2, 0) is 15.7 Å². The number of carbonyl (C=O) groups is 3. The van der Waals surface area contributed by atoms with E-state index in [-0.39, 0.29) is 18.2 Å². The van der Waals surface area contributed by atoms with Gasteiger partial charge in [0.15, 0.2) is 11.2 Å². The van der Waals surface area contributed by atoms with Crippen molar-refractivity contribution in [3.63, 3.8) is 0 Å². The van der Waals surface area contributed by atoms with E-state index in [0.29, 0.717) is 50.3 Å². The number of anilines is 2. The number of rotatable bonds is 4. The number of nitrogens with zero attached hydrogens (tertiary/aromatic N) is 6. The van der Waals surface area contributed by atoms with E-state index in [1.807, 2.05) is 0 Å². The van der Waals surface area contributed by atoms with Gasteiger partial charge in [-0.1, -0.05) is 0 Å². The van der Waals surface area contributed by atoms with E-state index in [1.165, 1.54) is 11.0 Å². The molecule has 0 radical (unpaired) electrons. The van der Waals surface area contributed by atoms with Crippen LogP contribution in [0, 0.1) is 11.3 Å². The number of benzene rings is 1. The Morgan fingerprint density at radius 2 is 1.76 bits per heavy atom. The van der Waals surface area contributed by atoms with Crippen molar-refractivity contribution in [1.82, 2.24) is 14.8 Å². The smallest absolute Gasteiger partial charge is 0.419 e. The molecule has 14 heteroatoms. The van der Waals surface area contributed by atoms with Gasteiger partial charge in [0.05, 0.1) is 24.1 Å². The predicted molar refractivity (Wildman–Crippen MR) is 144 cm³/mol. The summed E-state index contributed by atoms with van der Waals surface area (Å²) in [6.07, 6.45) is -2.43. The molecule has 1 atom stereocenters. The first-order valence-electron chi connectivity index (χ1n) is 13.1. The normalized spacial score (nSPS) is 20.2. The van der Waals surface area contributed by atoms with Crippen molar-refractivity contribution >= 4 is 41.9 Å². The molecule has 3 fully saturated rings. The van der Waals surface area contributed by atoms with Crippen LogP contribution in [0.15, 0.2) is 36.5 Å². The van der Waals surface area contributed by atoms with E-state index in [2.05, 4.69) is 17.6 Å². The third-order valence-electron chi connectivity index (χ3n) is 7.77. The highest BCUT2D eigenvalue weighted by Crippen LogP contribution is 2.50. The van der Waals surface area contributed by atoms with Gasteiger partial charge >= 0.3 is 12.3 Å². The highest BCUT2D eigenvalue weighted by molar-refractivity contribution is 7.81. The van der Waals surface area contributed by atoms with Crippen LogP contribution in [0.3, 0.4) is 0 Å². The average molecular weight is 589 g/mol. The third-order valence-corrected chi connectivity index (χ3v) is 8.23. The zero-order valence-corrected chi connectivity index (χ0v) is 23.0. The minimum Gasteiger partial charge on any atom is -0.450 e. The maximum Gasteiger partial charge on any atom is 0.419 e. The van der Waals surface area contributed by atoms with Gasteiger partial charge in [0.25, 0.3) is 11.8 Å². The second-order valence-corrected chi connectivity index (χ2v) is 10.5. The first-order valence-corrected chi connectivity index (χ1v) is 13.6. The molecule has 41 heavy (non-hydrogen) atoms. The number of nitriles is 1. The lowest BCUT2D eigenvalue weighted by Crippen LogP contribution is -2.55. The second kappa shape index (κ2) is 10.8. The SMILES string of the molecule is CCOC(=O)N1CCN(C(=O)c2ccc(N3C(S)N(c4cnc(C#N)c(C(F)(F)F)c4)C(=O)C34CCC4)cc2)CC1. The van der Waals surface area contributed by atoms with Gasteiger partial charge in [0.2, 0.25) is 0 Å². The fourth-order valence-corrected chi connectivity index (χ4v) is 6.10. The molecule has 216 valence electrons. The van der Waals surface area contributed by atoms with Crippen molar-refractivity contribution < 1.29 is 32.3 Å². The number of piperazine rings is 1. The maximum atomic E-state index is 13.7. The lowest BCUT2D eigenvalue weighted by atomic mass is 9.75. The van der Waals surface area contributed by atoms with Gasteiger partial charge in [-0.15, -0.1) is 12.6 Å². The molecule has 1 aromatic heterocycles.